The van der Waals surface area contributed by atoms with Gasteiger partial charge in [0.1, 0.15) is 0 Å². The van der Waals surface area contributed by atoms with Crippen molar-refractivity contribution < 1.29 is 9.21 Å². The van der Waals surface area contributed by atoms with Crippen LogP contribution in [0.3, 0.4) is 0 Å². The minimum absolute atomic E-state index is 0.00870. The van der Waals surface area contributed by atoms with E-state index in [0.29, 0.717) is 27.7 Å². The fourth-order valence-corrected chi connectivity index (χ4v) is 3.27. The number of amides is 1. The van der Waals surface area contributed by atoms with Crippen molar-refractivity contribution >= 4 is 29.3 Å². The maximum atomic E-state index is 11.9. The molecule has 0 radical (unpaired) electrons. The average Bonchev–Trinajstić information content (AvgIpc) is 3.17. The van der Waals surface area contributed by atoms with Crippen LogP contribution >= 0.6 is 23.4 Å². The van der Waals surface area contributed by atoms with Crippen molar-refractivity contribution in [2.24, 2.45) is 0 Å². The third-order valence-electron chi connectivity index (χ3n) is 3.56. The molecule has 0 bridgehead atoms. The van der Waals surface area contributed by atoms with Crippen molar-refractivity contribution in [2.75, 3.05) is 5.75 Å². The lowest BCUT2D eigenvalue weighted by Crippen LogP contribution is -2.33. The predicted octanol–water partition coefficient (Wildman–Crippen LogP) is 3.54. The maximum absolute atomic E-state index is 11.9. The standard InChI is InChI=1S/C15H16ClN3O2S/c16-12-8-4-3-7-11(12)14-18-19-15(21-14)22-9-13(20)17-10-5-1-2-6-10/h3-4,7-8,10H,1-2,5-6,9H2,(H,17,20). The molecule has 0 unspecified atom stereocenters. The molecule has 1 aromatic heterocycles. The zero-order chi connectivity index (χ0) is 15.4. The highest BCUT2D eigenvalue weighted by atomic mass is 35.5. The summed E-state index contributed by atoms with van der Waals surface area (Å²) in [4.78, 5) is 11.9. The molecule has 1 aliphatic rings. The molecule has 0 spiro atoms. The zero-order valence-corrected chi connectivity index (χ0v) is 13.5. The Morgan fingerprint density at radius 2 is 2.09 bits per heavy atom. The second-order valence-corrected chi connectivity index (χ2v) is 6.52. The molecule has 22 heavy (non-hydrogen) atoms. The van der Waals surface area contributed by atoms with E-state index in [0.717, 1.165) is 12.8 Å². The molecule has 3 rings (SSSR count). The molecule has 0 atom stereocenters. The molecule has 1 aliphatic carbocycles. The summed E-state index contributed by atoms with van der Waals surface area (Å²) in [7, 11) is 0. The average molecular weight is 338 g/mol. The van der Waals surface area contributed by atoms with Gasteiger partial charge < -0.3 is 9.73 Å². The minimum Gasteiger partial charge on any atom is -0.411 e. The van der Waals surface area contributed by atoms with E-state index in [1.165, 1.54) is 24.6 Å². The van der Waals surface area contributed by atoms with Gasteiger partial charge in [-0.1, -0.05) is 48.3 Å². The summed E-state index contributed by atoms with van der Waals surface area (Å²) in [6.07, 6.45) is 4.55. The lowest BCUT2D eigenvalue weighted by molar-refractivity contribution is -0.119. The number of thioether (sulfide) groups is 1. The van der Waals surface area contributed by atoms with Gasteiger partial charge in [-0.25, -0.2) is 0 Å². The highest BCUT2D eigenvalue weighted by Crippen LogP contribution is 2.28. The third kappa shape index (κ3) is 3.81. The Kier molecular flexibility index (Phi) is 5.00. The van der Waals surface area contributed by atoms with Crippen molar-refractivity contribution in [3.63, 3.8) is 0 Å². The number of nitrogens with zero attached hydrogens (tertiary/aromatic N) is 2. The van der Waals surface area contributed by atoms with E-state index in [-0.39, 0.29) is 11.7 Å². The molecule has 7 heteroatoms. The van der Waals surface area contributed by atoms with Gasteiger partial charge >= 0.3 is 0 Å². The van der Waals surface area contributed by atoms with Crippen molar-refractivity contribution in [2.45, 2.75) is 36.9 Å². The van der Waals surface area contributed by atoms with Crippen molar-refractivity contribution in [3.05, 3.63) is 29.3 Å². The minimum atomic E-state index is 0.00870. The number of nitrogens with one attached hydrogen (secondary N) is 1. The van der Waals surface area contributed by atoms with E-state index in [1.807, 2.05) is 18.2 Å². The first-order valence-electron chi connectivity index (χ1n) is 7.23. The number of rotatable bonds is 5. The second kappa shape index (κ2) is 7.15. The molecular formula is C15H16ClN3O2S. The summed E-state index contributed by atoms with van der Waals surface area (Å²) < 4.78 is 5.55. The van der Waals surface area contributed by atoms with E-state index in [1.54, 1.807) is 6.07 Å². The van der Waals surface area contributed by atoms with Crippen LogP contribution in [-0.2, 0) is 4.79 Å². The number of benzene rings is 1. The molecular weight excluding hydrogens is 322 g/mol. The molecule has 1 N–H and O–H groups in total. The number of carbonyl (C=O) groups excluding carboxylic acids is 1. The van der Waals surface area contributed by atoms with Crippen LogP contribution in [0.4, 0.5) is 0 Å². The Morgan fingerprint density at radius 1 is 1.32 bits per heavy atom. The molecule has 0 saturated heterocycles. The number of hydrogen-bond acceptors (Lipinski definition) is 5. The van der Waals surface area contributed by atoms with Crippen LogP contribution in [0, 0.1) is 0 Å². The van der Waals surface area contributed by atoms with Gasteiger partial charge in [-0.3, -0.25) is 4.79 Å². The molecule has 1 aromatic carbocycles. The summed E-state index contributed by atoms with van der Waals surface area (Å²) in [6, 6.07) is 7.60. The number of halogens is 1. The van der Waals surface area contributed by atoms with Crippen molar-refractivity contribution in [3.8, 4) is 11.5 Å². The van der Waals surface area contributed by atoms with Crippen LogP contribution in [0.1, 0.15) is 25.7 Å². The largest absolute Gasteiger partial charge is 0.411 e. The fraction of sp³-hybridized carbons (Fsp3) is 0.400. The van der Waals surface area contributed by atoms with Crippen molar-refractivity contribution in [1.29, 1.82) is 0 Å². The molecule has 1 saturated carbocycles. The maximum Gasteiger partial charge on any atom is 0.277 e. The van der Waals surface area contributed by atoms with E-state index in [4.69, 9.17) is 16.0 Å². The first kappa shape index (κ1) is 15.4. The zero-order valence-electron chi connectivity index (χ0n) is 11.9. The third-order valence-corrected chi connectivity index (χ3v) is 4.71. The summed E-state index contributed by atoms with van der Waals surface area (Å²) in [5, 5.41) is 11.9. The quantitative estimate of drug-likeness (QED) is 0.845. The number of carbonyl (C=O) groups is 1. The highest BCUT2D eigenvalue weighted by Gasteiger charge is 2.18. The van der Waals surface area contributed by atoms with Crippen LogP contribution < -0.4 is 5.32 Å². The van der Waals surface area contributed by atoms with Crippen LogP contribution in [0.5, 0.6) is 0 Å². The van der Waals surface area contributed by atoms with E-state index >= 15 is 0 Å². The van der Waals surface area contributed by atoms with Gasteiger partial charge in [0.25, 0.3) is 5.22 Å². The lowest BCUT2D eigenvalue weighted by Gasteiger charge is -2.10. The highest BCUT2D eigenvalue weighted by molar-refractivity contribution is 7.99. The van der Waals surface area contributed by atoms with Crippen molar-refractivity contribution in [1.82, 2.24) is 15.5 Å². The van der Waals surface area contributed by atoms with Gasteiger partial charge in [0.2, 0.25) is 11.8 Å². The van der Waals surface area contributed by atoms with Gasteiger partial charge in [0.15, 0.2) is 0 Å². The normalized spacial score (nSPS) is 15.1. The fourth-order valence-electron chi connectivity index (χ4n) is 2.48. The number of aromatic nitrogens is 2. The van der Waals surface area contributed by atoms with E-state index in [9.17, 15) is 4.79 Å². The Balaban J connectivity index is 1.55. The second-order valence-electron chi connectivity index (χ2n) is 5.19. The Morgan fingerprint density at radius 3 is 2.86 bits per heavy atom. The molecule has 116 valence electrons. The number of hydrogen-bond donors (Lipinski definition) is 1. The van der Waals surface area contributed by atoms with Gasteiger partial charge in [0, 0.05) is 6.04 Å². The summed E-state index contributed by atoms with van der Waals surface area (Å²) in [5.74, 6) is 0.652. The lowest BCUT2D eigenvalue weighted by atomic mass is 10.2. The van der Waals surface area contributed by atoms with Crippen LogP contribution in [0.15, 0.2) is 33.9 Å². The summed E-state index contributed by atoms with van der Waals surface area (Å²) in [5.41, 5.74) is 0.693. The SMILES string of the molecule is O=C(CSc1nnc(-c2ccccc2Cl)o1)NC1CCCC1. The molecule has 1 amide bonds. The van der Waals surface area contributed by atoms with Crippen LogP contribution in [0.2, 0.25) is 5.02 Å². The Labute approximate surface area is 137 Å². The molecule has 0 aliphatic heterocycles. The van der Waals surface area contributed by atoms with Gasteiger partial charge in [-0.05, 0) is 25.0 Å². The monoisotopic (exact) mass is 337 g/mol. The van der Waals surface area contributed by atoms with E-state index < -0.39 is 0 Å². The van der Waals surface area contributed by atoms with Gasteiger partial charge in [0.05, 0.1) is 16.3 Å². The van der Waals surface area contributed by atoms with Crippen LogP contribution in [-0.4, -0.2) is 27.9 Å². The summed E-state index contributed by atoms with van der Waals surface area (Å²) in [6.45, 7) is 0. The smallest absolute Gasteiger partial charge is 0.277 e. The van der Waals surface area contributed by atoms with Gasteiger partial charge in [-0.2, -0.15) is 0 Å². The van der Waals surface area contributed by atoms with E-state index in [2.05, 4.69) is 15.5 Å². The topological polar surface area (TPSA) is 68.0 Å². The molecule has 5 nitrogen and oxygen atoms in total. The molecule has 1 heterocycles. The van der Waals surface area contributed by atoms with Crippen LogP contribution in [0.25, 0.3) is 11.5 Å². The summed E-state index contributed by atoms with van der Waals surface area (Å²) >= 11 is 7.33. The predicted molar refractivity (Wildman–Crippen MR) is 85.9 cm³/mol. The molecule has 1 fully saturated rings. The Hall–Kier alpha value is -1.53. The molecule has 2 aromatic rings. The van der Waals surface area contributed by atoms with Gasteiger partial charge in [-0.15, -0.1) is 10.2 Å². The first-order chi connectivity index (χ1) is 10.7. The Bertz CT molecular complexity index is 656. The first-order valence-corrected chi connectivity index (χ1v) is 8.59.